The number of aryl methyl sites for hydroxylation is 1. The van der Waals surface area contributed by atoms with E-state index >= 15 is 0 Å². The van der Waals surface area contributed by atoms with Gasteiger partial charge in [-0.2, -0.15) is 0 Å². The Balaban J connectivity index is 1.59. The molecule has 0 saturated carbocycles. The minimum atomic E-state index is -0.303. The minimum absolute atomic E-state index is 0.00274. The maximum Gasteiger partial charge on any atom is 0.308 e. The van der Waals surface area contributed by atoms with Gasteiger partial charge in [-0.05, 0) is 37.0 Å². The van der Waals surface area contributed by atoms with E-state index in [1.54, 1.807) is 9.80 Å². The van der Waals surface area contributed by atoms with E-state index in [-0.39, 0.29) is 36.0 Å². The molecule has 1 unspecified atom stereocenters. The van der Waals surface area contributed by atoms with Crippen molar-refractivity contribution < 1.29 is 19.1 Å². The second-order valence-electron chi connectivity index (χ2n) is 7.05. The van der Waals surface area contributed by atoms with Gasteiger partial charge in [0.25, 0.3) is 0 Å². The van der Waals surface area contributed by atoms with E-state index in [1.807, 2.05) is 24.3 Å². The number of hydrogen-bond acceptors (Lipinski definition) is 4. The molecule has 3 rings (SSSR count). The van der Waals surface area contributed by atoms with Gasteiger partial charge in [0.05, 0.1) is 18.9 Å². The van der Waals surface area contributed by atoms with Crippen LogP contribution in [-0.4, -0.2) is 49.4 Å². The van der Waals surface area contributed by atoms with Gasteiger partial charge in [0, 0.05) is 31.7 Å². The second kappa shape index (κ2) is 7.89. The molecular formula is C20H26N2O4. The molecule has 0 N–H and O–H groups in total. The number of carbonyl (C=O) groups is 3. The van der Waals surface area contributed by atoms with Crippen molar-refractivity contribution in [2.24, 2.45) is 11.8 Å². The topological polar surface area (TPSA) is 66.9 Å². The average Bonchev–Trinajstić information content (AvgIpc) is 3.08. The van der Waals surface area contributed by atoms with Crippen LogP contribution in [0.15, 0.2) is 24.3 Å². The summed E-state index contributed by atoms with van der Waals surface area (Å²) in [6, 6.07) is 7.95. The number of esters is 1. The summed E-state index contributed by atoms with van der Waals surface area (Å²) >= 11 is 0. The van der Waals surface area contributed by atoms with Crippen molar-refractivity contribution in [2.45, 2.75) is 32.6 Å². The number of hydrogen-bond donors (Lipinski definition) is 0. The lowest BCUT2D eigenvalue weighted by Crippen LogP contribution is -2.43. The molecule has 1 aromatic rings. The number of benzene rings is 1. The smallest absolute Gasteiger partial charge is 0.308 e. The van der Waals surface area contributed by atoms with Crippen LogP contribution in [0.2, 0.25) is 0 Å². The molecule has 6 nitrogen and oxygen atoms in total. The van der Waals surface area contributed by atoms with Crippen LogP contribution in [0.25, 0.3) is 0 Å². The molecule has 2 aliphatic rings. The Kier molecular flexibility index (Phi) is 5.59. The van der Waals surface area contributed by atoms with Gasteiger partial charge in [-0.3, -0.25) is 14.4 Å². The Morgan fingerprint density at radius 3 is 2.35 bits per heavy atom. The third-order valence-electron chi connectivity index (χ3n) is 5.47. The molecule has 1 atom stereocenters. The largest absolute Gasteiger partial charge is 0.469 e. The normalized spacial score (nSPS) is 21.2. The summed E-state index contributed by atoms with van der Waals surface area (Å²) in [5, 5.41) is 0. The second-order valence-corrected chi connectivity index (χ2v) is 7.05. The Bertz CT molecular complexity index is 678. The zero-order valence-electron chi connectivity index (χ0n) is 15.4. The van der Waals surface area contributed by atoms with Crippen LogP contribution < -0.4 is 4.90 Å². The molecule has 0 radical (unpaired) electrons. The van der Waals surface area contributed by atoms with E-state index in [9.17, 15) is 14.4 Å². The fraction of sp³-hybridized carbons (Fsp3) is 0.550. The first-order chi connectivity index (χ1) is 12.5. The predicted octanol–water partition coefficient (Wildman–Crippen LogP) is 2.01. The number of rotatable bonds is 4. The van der Waals surface area contributed by atoms with E-state index in [0.29, 0.717) is 32.5 Å². The molecule has 26 heavy (non-hydrogen) atoms. The van der Waals surface area contributed by atoms with Crippen molar-refractivity contribution in [3.8, 4) is 0 Å². The molecule has 0 bridgehead atoms. The number of ether oxygens (including phenoxy) is 1. The van der Waals surface area contributed by atoms with Gasteiger partial charge in [0.1, 0.15) is 0 Å². The molecule has 0 aliphatic carbocycles. The van der Waals surface area contributed by atoms with Gasteiger partial charge >= 0.3 is 5.97 Å². The third kappa shape index (κ3) is 3.74. The summed E-state index contributed by atoms with van der Waals surface area (Å²) in [7, 11) is 1.39. The maximum absolute atomic E-state index is 12.8. The lowest BCUT2D eigenvalue weighted by Gasteiger charge is -2.32. The number of methoxy groups -OCH3 is 1. The van der Waals surface area contributed by atoms with Gasteiger partial charge in [0.15, 0.2) is 0 Å². The highest BCUT2D eigenvalue weighted by Crippen LogP contribution is 2.28. The summed E-state index contributed by atoms with van der Waals surface area (Å²) in [4.78, 5) is 40.3. The highest BCUT2D eigenvalue weighted by molar-refractivity contribution is 6.00. The number of piperidine rings is 1. The molecule has 2 fully saturated rings. The van der Waals surface area contributed by atoms with E-state index in [0.717, 1.165) is 12.1 Å². The van der Waals surface area contributed by atoms with Crippen molar-refractivity contribution in [1.82, 2.24) is 4.90 Å². The van der Waals surface area contributed by atoms with E-state index in [4.69, 9.17) is 4.74 Å². The number of likely N-dealkylation sites (tertiary alicyclic amines) is 1. The van der Waals surface area contributed by atoms with E-state index in [1.165, 1.54) is 12.7 Å². The zero-order valence-corrected chi connectivity index (χ0v) is 15.4. The lowest BCUT2D eigenvalue weighted by molar-refractivity contribution is -0.149. The monoisotopic (exact) mass is 358 g/mol. The van der Waals surface area contributed by atoms with Crippen molar-refractivity contribution in [3.63, 3.8) is 0 Å². The predicted molar refractivity (Wildman–Crippen MR) is 97.6 cm³/mol. The lowest BCUT2D eigenvalue weighted by atomic mass is 9.95. The Hall–Kier alpha value is -2.37. The third-order valence-corrected chi connectivity index (χ3v) is 5.47. The van der Waals surface area contributed by atoms with Crippen LogP contribution in [0.5, 0.6) is 0 Å². The van der Waals surface area contributed by atoms with Crippen LogP contribution in [-0.2, 0) is 25.5 Å². The van der Waals surface area contributed by atoms with Gasteiger partial charge in [-0.1, -0.05) is 19.1 Å². The number of carbonyl (C=O) groups excluding carboxylic acids is 3. The standard InChI is InChI=1S/C20H26N2O4/c1-3-14-4-6-17(7-5-14)22-13-16(12-18(22)23)19(24)21-10-8-15(9-11-21)20(25)26-2/h4-7,15-16H,3,8-13H2,1-2H3. The first kappa shape index (κ1) is 18.4. The van der Waals surface area contributed by atoms with Gasteiger partial charge in [0.2, 0.25) is 11.8 Å². The summed E-state index contributed by atoms with van der Waals surface area (Å²) in [6.07, 6.45) is 2.46. The first-order valence-electron chi connectivity index (χ1n) is 9.29. The molecule has 2 saturated heterocycles. The fourth-order valence-electron chi connectivity index (χ4n) is 3.79. The van der Waals surface area contributed by atoms with Crippen LogP contribution in [0.4, 0.5) is 5.69 Å². The molecule has 6 heteroatoms. The molecule has 0 spiro atoms. The highest BCUT2D eigenvalue weighted by atomic mass is 16.5. The number of nitrogens with zero attached hydrogens (tertiary/aromatic N) is 2. The van der Waals surface area contributed by atoms with Crippen molar-refractivity contribution >= 4 is 23.5 Å². The highest BCUT2D eigenvalue weighted by Gasteiger charge is 2.38. The fourth-order valence-corrected chi connectivity index (χ4v) is 3.79. The molecule has 2 aliphatic heterocycles. The van der Waals surface area contributed by atoms with Crippen molar-refractivity contribution in [2.75, 3.05) is 31.6 Å². The Morgan fingerprint density at radius 2 is 1.77 bits per heavy atom. The molecule has 2 amide bonds. The number of anilines is 1. The number of amides is 2. The van der Waals surface area contributed by atoms with E-state index in [2.05, 4.69) is 6.92 Å². The summed E-state index contributed by atoms with van der Waals surface area (Å²) in [5.74, 6) is -0.605. The van der Waals surface area contributed by atoms with Crippen LogP contribution in [0.1, 0.15) is 31.7 Å². The van der Waals surface area contributed by atoms with Gasteiger partial charge < -0.3 is 14.5 Å². The molecule has 2 heterocycles. The SMILES string of the molecule is CCc1ccc(N2CC(C(=O)N3CCC(C(=O)OC)CC3)CC2=O)cc1. The van der Waals surface area contributed by atoms with Gasteiger partial charge in [-0.25, -0.2) is 0 Å². The maximum atomic E-state index is 12.8. The quantitative estimate of drug-likeness (QED) is 0.772. The average molecular weight is 358 g/mol. The molecule has 1 aromatic carbocycles. The first-order valence-corrected chi connectivity index (χ1v) is 9.29. The zero-order chi connectivity index (χ0) is 18.7. The Morgan fingerprint density at radius 1 is 1.12 bits per heavy atom. The summed E-state index contributed by atoms with van der Waals surface area (Å²) in [5.41, 5.74) is 2.08. The van der Waals surface area contributed by atoms with E-state index < -0.39 is 0 Å². The molecule has 140 valence electrons. The molecular weight excluding hydrogens is 332 g/mol. The summed E-state index contributed by atoms with van der Waals surface area (Å²) < 4.78 is 4.79. The van der Waals surface area contributed by atoms with Crippen molar-refractivity contribution in [3.05, 3.63) is 29.8 Å². The van der Waals surface area contributed by atoms with Crippen LogP contribution in [0.3, 0.4) is 0 Å². The molecule has 0 aromatic heterocycles. The van der Waals surface area contributed by atoms with Crippen LogP contribution >= 0.6 is 0 Å². The Labute approximate surface area is 154 Å². The summed E-state index contributed by atoms with van der Waals surface area (Å²) in [6.45, 7) is 3.62. The van der Waals surface area contributed by atoms with Gasteiger partial charge in [-0.15, -0.1) is 0 Å². The van der Waals surface area contributed by atoms with Crippen LogP contribution in [0, 0.1) is 11.8 Å². The minimum Gasteiger partial charge on any atom is -0.469 e. The van der Waals surface area contributed by atoms with Crippen molar-refractivity contribution in [1.29, 1.82) is 0 Å².